The summed E-state index contributed by atoms with van der Waals surface area (Å²) in [6, 6.07) is 6.93. The number of nitrogens with zero attached hydrogens (tertiary/aromatic N) is 1. The Morgan fingerprint density at radius 2 is 1.95 bits per heavy atom. The van der Waals surface area contributed by atoms with Crippen LogP contribution in [-0.4, -0.2) is 4.98 Å². The predicted molar refractivity (Wildman–Crippen MR) is 65.3 cm³/mol. The van der Waals surface area contributed by atoms with Crippen molar-refractivity contribution in [2.75, 3.05) is 0 Å². The molecule has 0 amide bonds. The van der Waals surface area contributed by atoms with Gasteiger partial charge in [0, 0.05) is 12.1 Å². The molecule has 0 bridgehead atoms. The Bertz CT molecular complexity index is 558. The smallest absolute Gasteiger partial charge is 0.416 e. The van der Waals surface area contributed by atoms with Gasteiger partial charge in [-0.15, -0.1) is 11.6 Å². The molecule has 0 saturated carbocycles. The number of hydrogen-bond donors (Lipinski definition) is 0. The molecule has 2 nitrogen and oxygen atoms in total. The van der Waals surface area contributed by atoms with E-state index in [4.69, 9.17) is 16.3 Å². The number of halogens is 4. The second-order valence-electron chi connectivity index (χ2n) is 3.74. The van der Waals surface area contributed by atoms with Crippen LogP contribution in [0, 0.1) is 0 Å². The van der Waals surface area contributed by atoms with Crippen molar-refractivity contribution in [3.05, 3.63) is 53.9 Å². The fraction of sp³-hybridized carbons (Fsp3) is 0.154. The Balaban J connectivity index is 2.33. The Kier molecular flexibility index (Phi) is 3.95. The molecule has 0 saturated heterocycles. The topological polar surface area (TPSA) is 22.1 Å². The van der Waals surface area contributed by atoms with Gasteiger partial charge in [-0.3, -0.25) is 4.98 Å². The third-order valence-electron chi connectivity index (χ3n) is 2.40. The molecule has 0 N–H and O–H groups in total. The summed E-state index contributed by atoms with van der Waals surface area (Å²) < 4.78 is 43.8. The quantitative estimate of drug-likeness (QED) is 0.768. The third-order valence-corrected chi connectivity index (χ3v) is 2.69. The van der Waals surface area contributed by atoms with E-state index in [1.54, 1.807) is 18.3 Å². The van der Waals surface area contributed by atoms with Crippen molar-refractivity contribution < 1.29 is 17.9 Å². The molecule has 0 atom stereocenters. The SMILES string of the molecule is FC(F)(F)c1cc(Oc2cccnc2)ccc1CCl. The molecule has 0 spiro atoms. The number of hydrogen-bond acceptors (Lipinski definition) is 2. The number of alkyl halides is 4. The van der Waals surface area contributed by atoms with E-state index in [9.17, 15) is 13.2 Å². The molecule has 0 aliphatic carbocycles. The van der Waals surface area contributed by atoms with Crippen molar-refractivity contribution in [1.29, 1.82) is 0 Å². The van der Waals surface area contributed by atoms with Gasteiger partial charge >= 0.3 is 6.18 Å². The summed E-state index contributed by atoms with van der Waals surface area (Å²) >= 11 is 5.50. The molecule has 0 unspecified atom stereocenters. The fourth-order valence-electron chi connectivity index (χ4n) is 1.54. The predicted octanol–water partition coefficient (Wildman–Crippen LogP) is 4.63. The number of ether oxygens (including phenoxy) is 1. The van der Waals surface area contributed by atoms with Gasteiger partial charge in [0.2, 0.25) is 0 Å². The summed E-state index contributed by atoms with van der Waals surface area (Å²) in [5.74, 6) is 0.255. The van der Waals surface area contributed by atoms with Gasteiger partial charge in [0.15, 0.2) is 0 Å². The molecule has 100 valence electrons. The van der Waals surface area contributed by atoms with Crippen LogP contribution in [0.4, 0.5) is 13.2 Å². The van der Waals surface area contributed by atoms with Crippen LogP contribution in [0.5, 0.6) is 11.5 Å². The monoisotopic (exact) mass is 287 g/mol. The maximum absolute atomic E-state index is 12.8. The van der Waals surface area contributed by atoms with E-state index in [0.29, 0.717) is 5.75 Å². The van der Waals surface area contributed by atoms with E-state index < -0.39 is 11.7 Å². The third kappa shape index (κ3) is 3.38. The maximum Gasteiger partial charge on any atom is 0.416 e. The van der Waals surface area contributed by atoms with Gasteiger partial charge in [-0.05, 0) is 29.8 Å². The van der Waals surface area contributed by atoms with E-state index in [1.165, 1.54) is 18.3 Å². The fourth-order valence-corrected chi connectivity index (χ4v) is 1.78. The van der Waals surface area contributed by atoms with Gasteiger partial charge in [0.05, 0.1) is 11.8 Å². The summed E-state index contributed by atoms with van der Waals surface area (Å²) in [4.78, 5) is 3.82. The second kappa shape index (κ2) is 5.48. The van der Waals surface area contributed by atoms with Crippen LogP contribution in [-0.2, 0) is 12.1 Å². The lowest BCUT2D eigenvalue weighted by molar-refractivity contribution is -0.138. The number of benzene rings is 1. The van der Waals surface area contributed by atoms with E-state index in [1.807, 2.05) is 0 Å². The van der Waals surface area contributed by atoms with E-state index in [0.717, 1.165) is 6.07 Å². The standard InChI is InChI=1S/C13H9ClF3NO/c14-7-9-3-4-10(6-12(9)13(15,16)17)19-11-2-1-5-18-8-11/h1-6,8H,7H2. The van der Waals surface area contributed by atoms with Crippen LogP contribution in [0.15, 0.2) is 42.7 Å². The van der Waals surface area contributed by atoms with Crippen LogP contribution in [0.1, 0.15) is 11.1 Å². The number of pyridine rings is 1. The number of rotatable bonds is 3. The van der Waals surface area contributed by atoms with Gasteiger partial charge in [-0.25, -0.2) is 0 Å². The molecular formula is C13H9ClF3NO. The summed E-state index contributed by atoms with van der Waals surface area (Å²) in [6.45, 7) is 0. The van der Waals surface area contributed by atoms with E-state index >= 15 is 0 Å². The lowest BCUT2D eigenvalue weighted by Gasteiger charge is -2.13. The lowest BCUT2D eigenvalue weighted by Crippen LogP contribution is -2.08. The van der Waals surface area contributed by atoms with Crippen molar-refractivity contribution in [2.45, 2.75) is 12.1 Å². The van der Waals surface area contributed by atoms with Gasteiger partial charge < -0.3 is 4.74 Å². The molecule has 0 aliphatic rings. The highest BCUT2D eigenvalue weighted by Crippen LogP contribution is 2.36. The van der Waals surface area contributed by atoms with Crippen molar-refractivity contribution >= 4 is 11.6 Å². The summed E-state index contributed by atoms with van der Waals surface area (Å²) in [6.07, 6.45) is -1.49. The molecule has 6 heteroatoms. The highest BCUT2D eigenvalue weighted by atomic mass is 35.5. The second-order valence-corrected chi connectivity index (χ2v) is 4.01. The van der Waals surface area contributed by atoms with Crippen LogP contribution in [0.3, 0.4) is 0 Å². The summed E-state index contributed by atoms with van der Waals surface area (Å²) in [5, 5.41) is 0. The highest BCUT2D eigenvalue weighted by molar-refractivity contribution is 6.17. The van der Waals surface area contributed by atoms with Gasteiger partial charge in [0.1, 0.15) is 11.5 Å². The van der Waals surface area contributed by atoms with Crippen molar-refractivity contribution in [1.82, 2.24) is 4.98 Å². The summed E-state index contributed by atoms with van der Waals surface area (Å²) in [7, 11) is 0. The first-order valence-electron chi connectivity index (χ1n) is 5.34. The minimum atomic E-state index is -4.46. The minimum absolute atomic E-state index is 0.0210. The lowest BCUT2D eigenvalue weighted by atomic mass is 10.1. The normalized spacial score (nSPS) is 11.4. The first-order valence-corrected chi connectivity index (χ1v) is 5.88. The van der Waals surface area contributed by atoms with E-state index in [2.05, 4.69) is 4.98 Å². The molecule has 19 heavy (non-hydrogen) atoms. The maximum atomic E-state index is 12.8. The highest BCUT2D eigenvalue weighted by Gasteiger charge is 2.33. The van der Waals surface area contributed by atoms with Crippen LogP contribution in [0.25, 0.3) is 0 Å². The first-order chi connectivity index (χ1) is 9.00. The molecule has 0 fully saturated rings. The van der Waals surface area contributed by atoms with Gasteiger partial charge in [-0.1, -0.05) is 6.07 Å². The zero-order chi connectivity index (χ0) is 13.9. The minimum Gasteiger partial charge on any atom is -0.456 e. The molecular weight excluding hydrogens is 279 g/mol. The zero-order valence-electron chi connectivity index (χ0n) is 9.62. The molecule has 2 aromatic rings. The number of aromatic nitrogens is 1. The van der Waals surface area contributed by atoms with Crippen LogP contribution < -0.4 is 4.74 Å². The molecule has 2 rings (SSSR count). The Morgan fingerprint density at radius 1 is 1.16 bits per heavy atom. The molecule has 0 radical (unpaired) electrons. The van der Waals surface area contributed by atoms with Crippen LogP contribution in [0.2, 0.25) is 0 Å². The van der Waals surface area contributed by atoms with E-state index in [-0.39, 0.29) is 17.2 Å². The van der Waals surface area contributed by atoms with Crippen molar-refractivity contribution in [2.24, 2.45) is 0 Å². The average molecular weight is 288 g/mol. The van der Waals surface area contributed by atoms with Gasteiger partial charge in [-0.2, -0.15) is 13.2 Å². The molecule has 1 aromatic carbocycles. The Hall–Kier alpha value is -1.75. The molecule has 0 aliphatic heterocycles. The summed E-state index contributed by atoms with van der Waals surface area (Å²) in [5.41, 5.74) is -0.767. The van der Waals surface area contributed by atoms with Crippen molar-refractivity contribution in [3.63, 3.8) is 0 Å². The largest absolute Gasteiger partial charge is 0.456 e. The Morgan fingerprint density at radius 3 is 2.53 bits per heavy atom. The Labute approximate surface area is 112 Å². The van der Waals surface area contributed by atoms with Crippen molar-refractivity contribution in [3.8, 4) is 11.5 Å². The zero-order valence-corrected chi connectivity index (χ0v) is 10.4. The average Bonchev–Trinajstić information content (AvgIpc) is 2.39. The molecule has 1 heterocycles. The van der Waals surface area contributed by atoms with Gasteiger partial charge in [0.25, 0.3) is 0 Å². The molecule has 1 aromatic heterocycles. The van der Waals surface area contributed by atoms with Crippen LogP contribution >= 0.6 is 11.6 Å². The first kappa shape index (κ1) is 13.7.